The molecule has 1 aromatic carbocycles. The standard InChI is InChI=1S/C15H15BrN2O2/c1-3-18(13-9-12(19)5-4-10(13)2)15(20)11-6-7-17-14(16)8-11/h4-9,19H,3H2,1-2H3. The van der Waals surface area contributed by atoms with Gasteiger partial charge in [-0.2, -0.15) is 0 Å². The van der Waals surface area contributed by atoms with Crippen LogP contribution in [0.1, 0.15) is 22.8 Å². The van der Waals surface area contributed by atoms with Gasteiger partial charge < -0.3 is 10.0 Å². The lowest BCUT2D eigenvalue weighted by Crippen LogP contribution is -2.31. The van der Waals surface area contributed by atoms with Crippen molar-refractivity contribution in [2.75, 3.05) is 11.4 Å². The molecule has 4 nitrogen and oxygen atoms in total. The Morgan fingerprint density at radius 1 is 1.35 bits per heavy atom. The average molecular weight is 335 g/mol. The number of hydrogen-bond acceptors (Lipinski definition) is 3. The minimum absolute atomic E-state index is 0.121. The molecule has 1 heterocycles. The second-order valence-electron chi connectivity index (χ2n) is 4.39. The fourth-order valence-electron chi connectivity index (χ4n) is 2.00. The molecule has 0 aliphatic carbocycles. The largest absolute Gasteiger partial charge is 0.508 e. The summed E-state index contributed by atoms with van der Waals surface area (Å²) < 4.78 is 0.618. The van der Waals surface area contributed by atoms with Crippen LogP contribution in [-0.4, -0.2) is 22.5 Å². The Hall–Kier alpha value is -1.88. The van der Waals surface area contributed by atoms with E-state index in [1.165, 1.54) is 0 Å². The number of hydrogen-bond donors (Lipinski definition) is 1. The first kappa shape index (κ1) is 14.5. The molecule has 0 fully saturated rings. The molecular formula is C15H15BrN2O2. The maximum absolute atomic E-state index is 12.6. The van der Waals surface area contributed by atoms with E-state index in [-0.39, 0.29) is 11.7 Å². The lowest BCUT2D eigenvalue weighted by atomic mass is 10.1. The van der Waals surface area contributed by atoms with Gasteiger partial charge in [-0.25, -0.2) is 4.98 Å². The van der Waals surface area contributed by atoms with Crippen LogP contribution in [0.5, 0.6) is 5.75 Å². The van der Waals surface area contributed by atoms with E-state index in [4.69, 9.17) is 0 Å². The quantitative estimate of drug-likeness (QED) is 0.873. The number of nitrogens with zero attached hydrogens (tertiary/aromatic N) is 2. The summed E-state index contributed by atoms with van der Waals surface area (Å²) in [4.78, 5) is 18.2. The second kappa shape index (κ2) is 6.05. The minimum Gasteiger partial charge on any atom is -0.508 e. The van der Waals surface area contributed by atoms with Crippen molar-refractivity contribution in [1.29, 1.82) is 0 Å². The van der Waals surface area contributed by atoms with Gasteiger partial charge in [-0.1, -0.05) is 6.07 Å². The van der Waals surface area contributed by atoms with E-state index in [0.717, 1.165) is 5.56 Å². The molecule has 0 saturated carbocycles. The highest BCUT2D eigenvalue weighted by molar-refractivity contribution is 9.10. The molecule has 0 bridgehead atoms. The normalized spacial score (nSPS) is 10.3. The first-order chi connectivity index (χ1) is 9.52. The van der Waals surface area contributed by atoms with E-state index in [1.54, 1.807) is 41.4 Å². The maximum Gasteiger partial charge on any atom is 0.258 e. The zero-order valence-electron chi connectivity index (χ0n) is 11.3. The van der Waals surface area contributed by atoms with Gasteiger partial charge in [-0.05, 0) is 53.5 Å². The smallest absolute Gasteiger partial charge is 0.258 e. The monoisotopic (exact) mass is 334 g/mol. The van der Waals surface area contributed by atoms with Gasteiger partial charge in [0, 0.05) is 24.4 Å². The topological polar surface area (TPSA) is 53.4 Å². The number of pyridine rings is 1. The van der Waals surface area contributed by atoms with Crippen LogP contribution >= 0.6 is 15.9 Å². The highest BCUT2D eigenvalue weighted by atomic mass is 79.9. The minimum atomic E-state index is -0.121. The number of aryl methyl sites for hydroxylation is 1. The number of phenolic OH excluding ortho intramolecular Hbond substituents is 1. The lowest BCUT2D eigenvalue weighted by molar-refractivity contribution is 0.0988. The molecule has 20 heavy (non-hydrogen) atoms. The number of anilines is 1. The number of halogens is 1. The zero-order valence-corrected chi connectivity index (χ0v) is 12.9. The van der Waals surface area contributed by atoms with E-state index in [0.29, 0.717) is 22.4 Å². The molecule has 1 aromatic heterocycles. The molecule has 1 N–H and O–H groups in total. The predicted molar refractivity (Wildman–Crippen MR) is 82.1 cm³/mol. The lowest BCUT2D eigenvalue weighted by Gasteiger charge is -2.23. The number of aromatic hydroxyl groups is 1. The number of benzene rings is 1. The van der Waals surface area contributed by atoms with Crippen LogP contribution in [0.25, 0.3) is 0 Å². The molecule has 0 saturated heterocycles. The van der Waals surface area contributed by atoms with Crippen LogP contribution in [0.15, 0.2) is 41.1 Å². The van der Waals surface area contributed by atoms with Crippen LogP contribution in [0.3, 0.4) is 0 Å². The van der Waals surface area contributed by atoms with Crippen molar-refractivity contribution < 1.29 is 9.90 Å². The molecule has 104 valence electrons. The van der Waals surface area contributed by atoms with Crippen molar-refractivity contribution in [3.63, 3.8) is 0 Å². The summed E-state index contributed by atoms with van der Waals surface area (Å²) in [6.45, 7) is 4.33. The van der Waals surface area contributed by atoms with Crippen molar-refractivity contribution in [3.8, 4) is 5.75 Å². The second-order valence-corrected chi connectivity index (χ2v) is 5.20. The molecule has 5 heteroatoms. The highest BCUT2D eigenvalue weighted by Gasteiger charge is 2.18. The maximum atomic E-state index is 12.6. The molecule has 0 spiro atoms. The molecule has 0 atom stereocenters. The van der Waals surface area contributed by atoms with Crippen molar-refractivity contribution in [2.45, 2.75) is 13.8 Å². The summed E-state index contributed by atoms with van der Waals surface area (Å²) in [6.07, 6.45) is 1.58. The Morgan fingerprint density at radius 2 is 2.10 bits per heavy atom. The first-order valence-corrected chi connectivity index (χ1v) is 7.05. The molecule has 2 aromatic rings. The van der Waals surface area contributed by atoms with Gasteiger partial charge in [-0.3, -0.25) is 4.79 Å². The Bertz CT molecular complexity index is 644. The average Bonchev–Trinajstić information content (AvgIpc) is 2.43. The Labute approximate surface area is 126 Å². The highest BCUT2D eigenvalue weighted by Crippen LogP contribution is 2.26. The van der Waals surface area contributed by atoms with Gasteiger partial charge >= 0.3 is 0 Å². The van der Waals surface area contributed by atoms with Gasteiger partial charge in [-0.15, -0.1) is 0 Å². The number of carbonyl (C=O) groups is 1. The van der Waals surface area contributed by atoms with Gasteiger partial charge in [0.2, 0.25) is 0 Å². The summed E-state index contributed by atoms with van der Waals surface area (Å²) >= 11 is 3.26. The molecule has 0 aliphatic heterocycles. The Balaban J connectivity index is 2.42. The first-order valence-electron chi connectivity index (χ1n) is 6.26. The van der Waals surface area contributed by atoms with Crippen molar-refractivity contribution in [3.05, 3.63) is 52.3 Å². The third kappa shape index (κ3) is 2.99. The SMILES string of the molecule is CCN(C(=O)c1ccnc(Br)c1)c1cc(O)ccc1C. The van der Waals surface area contributed by atoms with E-state index in [2.05, 4.69) is 20.9 Å². The van der Waals surface area contributed by atoms with Gasteiger partial charge in [0.15, 0.2) is 0 Å². The number of rotatable bonds is 3. The number of amides is 1. The van der Waals surface area contributed by atoms with Crippen molar-refractivity contribution in [1.82, 2.24) is 4.98 Å². The molecule has 0 unspecified atom stereocenters. The Morgan fingerprint density at radius 3 is 2.75 bits per heavy atom. The number of carbonyl (C=O) groups excluding carboxylic acids is 1. The summed E-state index contributed by atoms with van der Waals surface area (Å²) in [7, 11) is 0. The number of aromatic nitrogens is 1. The molecular weight excluding hydrogens is 320 g/mol. The van der Waals surface area contributed by atoms with E-state index >= 15 is 0 Å². The van der Waals surface area contributed by atoms with Crippen LogP contribution in [-0.2, 0) is 0 Å². The van der Waals surface area contributed by atoms with Crippen LogP contribution in [0, 0.1) is 6.92 Å². The summed E-state index contributed by atoms with van der Waals surface area (Å²) in [5, 5.41) is 9.62. The van der Waals surface area contributed by atoms with Crippen LogP contribution < -0.4 is 4.90 Å². The van der Waals surface area contributed by atoms with E-state index in [9.17, 15) is 9.90 Å². The van der Waals surface area contributed by atoms with Gasteiger partial charge in [0.1, 0.15) is 10.4 Å². The third-order valence-electron chi connectivity index (χ3n) is 3.02. The number of phenols is 1. The molecule has 2 rings (SSSR count). The fraction of sp³-hybridized carbons (Fsp3) is 0.200. The van der Waals surface area contributed by atoms with Crippen LogP contribution in [0.4, 0.5) is 5.69 Å². The third-order valence-corrected chi connectivity index (χ3v) is 3.45. The Kier molecular flexibility index (Phi) is 4.39. The predicted octanol–water partition coefficient (Wildman–Crippen LogP) is 3.52. The molecule has 1 amide bonds. The summed E-state index contributed by atoms with van der Waals surface area (Å²) in [5.41, 5.74) is 2.20. The molecule has 0 radical (unpaired) electrons. The van der Waals surface area contributed by atoms with Crippen molar-refractivity contribution >= 4 is 27.5 Å². The van der Waals surface area contributed by atoms with E-state index in [1.807, 2.05) is 13.8 Å². The molecule has 0 aliphatic rings. The summed E-state index contributed by atoms with van der Waals surface area (Å²) in [6, 6.07) is 8.37. The van der Waals surface area contributed by atoms with Crippen molar-refractivity contribution in [2.24, 2.45) is 0 Å². The zero-order chi connectivity index (χ0) is 14.7. The van der Waals surface area contributed by atoms with Gasteiger partial charge in [0.05, 0.1) is 5.69 Å². The fourth-order valence-corrected chi connectivity index (χ4v) is 2.37. The van der Waals surface area contributed by atoms with Gasteiger partial charge in [0.25, 0.3) is 5.91 Å². The van der Waals surface area contributed by atoms with E-state index < -0.39 is 0 Å². The summed E-state index contributed by atoms with van der Waals surface area (Å²) in [5.74, 6) is 0.0251. The van der Waals surface area contributed by atoms with Crippen LogP contribution in [0.2, 0.25) is 0 Å².